The first-order chi connectivity index (χ1) is 21.9. The second-order valence-corrected chi connectivity index (χ2v) is 10.9. The molecule has 45 heavy (non-hydrogen) atoms. The lowest BCUT2D eigenvalue weighted by Crippen LogP contribution is -2.29. The van der Waals surface area contributed by atoms with Crippen LogP contribution in [0.25, 0.3) is 0 Å². The number of hydrazone groups is 1. The Morgan fingerprint density at radius 3 is 2.38 bits per heavy atom. The summed E-state index contributed by atoms with van der Waals surface area (Å²) in [5.74, 6) is 2.57. The van der Waals surface area contributed by atoms with Crippen molar-refractivity contribution in [3.05, 3.63) is 89.2 Å². The second kappa shape index (κ2) is 14.2. The molecule has 2 heterocycles. The van der Waals surface area contributed by atoms with Gasteiger partial charge in [-0.15, -0.1) is 10.2 Å². The molecule has 1 atom stereocenters. The van der Waals surface area contributed by atoms with E-state index in [2.05, 4.69) is 15.5 Å². The number of ether oxygens (including phenoxy) is 4. The second-order valence-electron chi connectivity index (χ2n) is 9.98. The summed E-state index contributed by atoms with van der Waals surface area (Å²) in [7, 11) is 8.11. The number of aromatic nitrogens is 3. The van der Waals surface area contributed by atoms with Crippen molar-refractivity contribution in [2.75, 3.05) is 34.2 Å². The van der Waals surface area contributed by atoms with E-state index in [1.54, 1.807) is 64.3 Å². The van der Waals surface area contributed by atoms with E-state index in [4.69, 9.17) is 24.0 Å². The van der Waals surface area contributed by atoms with Crippen LogP contribution in [0, 0.1) is 0 Å². The average Bonchev–Trinajstić information content (AvgIpc) is 3.69. The highest BCUT2D eigenvalue weighted by Gasteiger charge is 2.35. The first-order valence-electron chi connectivity index (χ1n) is 14.0. The molecule has 0 unspecified atom stereocenters. The lowest BCUT2D eigenvalue weighted by molar-refractivity contribution is -0.130. The molecule has 4 aromatic rings. The number of para-hydroxylation sites is 1. The largest absolute Gasteiger partial charge is 0.497 e. The Morgan fingerprint density at radius 2 is 1.67 bits per heavy atom. The monoisotopic (exact) mass is 630 g/mol. The van der Waals surface area contributed by atoms with Gasteiger partial charge < -0.3 is 28.8 Å². The molecular formula is C32H34N6O6S. The van der Waals surface area contributed by atoms with Gasteiger partial charge in [-0.2, -0.15) is 5.10 Å². The zero-order valence-electron chi connectivity index (χ0n) is 25.6. The van der Waals surface area contributed by atoms with Crippen LogP contribution in [0.2, 0.25) is 0 Å². The molecule has 0 radical (unpaired) electrons. The summed E-state index contributed by atoms with van der Waals surface area (Å²) in [5, 5.41) is 18.1. The Kier molecular flexibility index (Phi) is 9.88. The molecule has 0 fully saturated rings. The molecule has 12 nitrogen and oxygen atoms in total. The Morgan fingerprint density at radius 1 is 0.911 bits per heavy atom. The van der Waals surface area contributed by atoms with Crippen molar-refractivity contribution in [3.63, 3.8) is 0 Å². The van der Waals surface area contributed by atoms with Gasteiger partial charge in [-0.1, -0.05) is 30.0 Å². The maximum atomic E-state index is 13.8. The number of carbonyl (C=O) groups excluding carboxylic acids is 2. The summed E-state index contributed by atoms with van der Waals surface area (Å²) in [6.07, 6.45) is 0.480. The van der Waals surface area contributed by atoms with Gasteiger partial charge in [-0.25, -0.2) is 5.01 Å². The van der Waals surface area contributed by atoms with E-state index in [9.17, 15) is 9.59 Å². The minimum Gasteiger partial charge on any atom is -0.497 e. The van der Waals surface area contributed by atoms with Crippen LogP contribution in [-0.2, 0) is 18.4 Å². The maximum absolute atomic E-state index is 13.8. The number of thioether (sulfide) groups is 1. The lowest BCUT2D eigenvalue weighted by atomic mass is 9.97. The zero-order valence-corrected chi connectivity index (χ0v) is 26.5. The van der Waals surface area contributed by atoms with Crippen molar-refractivity contribution >= 4 is 29.3 Å². The number of amides is 2. The van der Waals surface area contributed by atoms with Crippen molar-refractivity contribution < 1.29 is 28.5 Å². The van der Waals surface area contributed by atoms with E-state index >= 15 is 0 Å². The SMILES string of the molecule is COc1ccc(C2=NN(C(=O)CSc3nnc(CNC(=O)c4cccc(OC)c4)n3C)[C@@H](c3cccc(OC)c3OC)C2)cc1. The summed E-state index contributed by atoms with van der Waals surface area (Å²) >= 11 is 1.24. The van der Waals surface area contributed by atoms with E-state index in [1.807, 2.05) is 42.5 Å². The number of carbonyl (C=O) groups is 2. The minimum atomic E-state index is -0.415. The predicted octanol–water partition coefficient (Wildman–Crippen LogP) is 4.25. The summed E-state index contributed by atoms with van der Waals surface area (Å²) in [6.45, 7) is 0.160. The van der Waals surface area contributed by atoms with Gasteiger partial charge in [0.1, 0.15) is 11.5 Å². The molecule has 0 spiro atoms. The molecule has 1 N–H and O–H groups in total. The van der Waals surface area contributed by atoms with Crippen molar-refractivity contribution in [2.24, 2.45) is 12.1 Å². The van der Waals surface area contributed by atoms with Crippen molar-refractivity contribution in [3.8, 4) is 23.0 Å². The quantitative estimate of drug-likeness (QED) is 0.229. The van der Waals surface area contributed by atoms with E-state index in [1.165, 1.54) is 16.8 Å². The van der Waals surface area contributed by atoms with E-state index < -0.39 is 6.04 Å². The third-order valence-corrected chi connectivity index (χ3v) is 8.38. The summed E-state index contributed by atoms with van der Waals surface area (Å²) in [6, 6.07) is 19.7. The summed E-state index contributed by atoms with van der Waals surface area (Å²) in [5.41, 5.74) is 2.91. The van der Waals surface area contributed by atoms with E-state index in [0.717, 1.165) is 22.6 Å². The standard InChI is InChI=1S/C32H34N6O6S/c1-37-28(18-33-31(40)21-8-6-9-23(16-21)42-3)34-35-32(37)45-19-29(39)38-26(24-10-7-11-27(43-4)30(24)44-5)17-25(36-38)20-12-14-22(41-2)15-13-20/h6-16,26H,17-19H2,1-5H3,(H,33,40)/t26-/m1/s1. The van der Waals surface area contributed by atoms with Crippen molar-refractivity contribution in [1.29, 1.82) is 0 Å². The fourth-order valence-electron chi connectivity index (χ4n) is 4.96. The van der Waals surface area contributed by atoms with Crippen LogP contribution in [0.15, 0.2) is 77.0 Å². The lowest BCUT2D eigenvalue weighted by Gasteiger charge is -2.24. The molecule has 1 aromatic heterocycles. The molecule has 13 heteroatoms. The third-order valence-electron chi connectivity index (χ3n) is 7.37. The number of methoxy groups -OCH3 is 4. The molecule has 2 amide bonds. The molecular weight excluding hydrogens is 596 g/mol. The van der Waals surface area contributed by atoms with Gasteiger partial charge >= 0.3 is 0 Å². The normalized spacial score (nSPS) is 14.1. The van der Waals surface area contributed by atoms with Crippen LogP contribution < -0.4 is 24.3 Å². The van der Waals surface area contributed by atoms with Gasteiger partial charge in [-0.3, -0.25) is 9.59 Å². The Hall–Kier alpha value is -5.04. The van der Waals surface area contributed by atoms with Gasteiger partial charge in [0.2, 0.25) is 0 Å². The first-order valence-corrected chi connectivity index (χ1v) is 15.0. The topological polar surface area (TPSA) is 129 Å². The molecule has 0 saturated carbocycles. The first kappa shape index (κ1) is 31.4. The third kappa shape index (κ3) is 6.88. The van der Waals surface area contributed by atoms with Gasteiger partial charge in [0.25, 0.3) is 11.8 Å². The van der Waals surface area contributed by atoms with Gasteiger partial charge in [0.15, 0.2) is 22.5 Å². The molecule has 3 aromatic carbocycles. The van der Waals surface area contributed by atoms with Crippen LogP contribution in [0.3, 0.4) is 0 Å². The molecule has 0 aliphatic carbocycles. The van der Waals surface area contributed by atoms with Crippen LogP contribution >= 0.6 is 11.8 Å². The Labute approximate surface area is 265 Å². The highest BCUT2D eigenvalue weighted by molar-refractivity contribution is 7.99. The van der Waals surface area contributed by atoms with Gasteiger partial charge in [0.05, 0.1) is 52.5 Å². The number of hydrogen-bond acceptors (Lipinski definition) is 10. The number of benzene rings is 3. The van der Waals surface area contributed by atoms with Crippen LogP contribution in [0.1, 0.15) is 39.8 Å². The van der Waals surface area contributed by atoms with Crippen molar-refractivity contribution in [2.45, 2.75) is 24.2 Å². The molecule has 5 rings (SSSR count). The number of rotatable bonds is 12. The molecule has 0 bridgehead atoms. The van der Waals surface area contributed by atoms with Crippen molar-refractivity contribution in [1.82, 2.24) is 25.1 Å². The Bertz CT molecular complexity index is 1710. The Balaban J connectivity index is 1.31. The minimum absolute atomic E-state index is 0.0598. The van der Waals surface area contributed by atoms with Gasteiger partial charge in [-0.05, 0) is 54.1 Å². The van der Waals surface area contributed by atoms with E-state index in [-0.39, 0.29) is 24.1 Å². The fourth-order valence-corrected chi connectivity index (χ4v) is 5.74. The predicted molar refractivity (Wildman–Crippen MR) is 169 cm³/mol. The molecule has 0 saturated heterocycles. The molecule has 234 valence electrons. The van der Waals surface area contributed by atoms with Crippen LogP contribution in [0.5, 0.6) is 23.0 Å². The maximum Gasteiger partial charge on any atom is 0.253 e. The average molecular weight is 631 g/mol. The zero-order chi connectivity index (χ0) is 31.9. The number of hydrogen-bond donors (Lipinski definition) is 1. The number of nitrogens with zero attached hydrogens (tertiary/aromatic N) is 5. The summed E-state index contributed by atoms with van der Waals surface area (Å²) < 4.78 is 23.5. The number of nitrogens with one attached hydrogen (secondary N) is 1. The highest BCUT2D eigenvalue weighted by Crippen LogP contribution is 2.42. The van der Waals surface area contributed by atoms with Crippen LogP contribution in [-0.4, -0.2) is 71.5 Å². The molecule has 1 aliphatic rings. The van der Waals surface area contributed by atoms with E-state index in [0.29, 0.717) is 40.2 Å². The van der Waals surface area contributed by atoms with Crippen LogP contribution in [0.4, 0.5) is 0 Å². The molecule has 1 aliphatic heterocycles. The van der Waals surface area contributed by atoms with Gasteiger partial charge in [0, 0.05) is 24.6 Å². The smallest absolute Gasteiger partial charge is 0.253 e. The summed E-state index contributed by atoms with van der Waals surface area (Å²) in [4.78, 5) is 26.4. The highest BCUT2D eigenvalue weighted by atomic mass is 32.2. The fraction of sp³-hybridized carbons (Fsp3) is 0.281.